The van der Waals surface area contributed by atoms with Gasteiger partial charge in [-0.3, -0.25) is 9.78 Å². The van der Waals surface area contributed by atoms with Crippen molar-refractivity contribution in [2.24, 2.45) is 5.92 Å². The minimum Gasteiger partial charge on any atom is -0.348 e. The van der Waals surface area contributed by atoms with E-state index < -0.39 is 0 Å². The highest BCUT2D eigenvalue weighted by Crippen LogP contribution is 2.17. The molecule has 4 heteroatoms. The maximum Gasteiger partial charge on any atom is 0.270 e. The van der Waals surface area contributed by atoms with Gasteiger partial charge in [-0.05, 0) is 23.8 Å². The first-order chi connectivity index (χ1) is 9.63. The van der Waals surface area contributed by atoms with Crippen LogP contribution in [0.15, 0.2) is 36.5 Å². The molecule has 0 aliphatic heterocycles. The standard InChI is InChI=1S/C16H19BrN2O/c1-11(2)14(7-9-17)19-16(20)15-13-6-4-3-5-12(13)8-10-18-15/h3-6,8,10-11,14H,7,9H2,1-2H3,(H,19,20). The summed E-state index contributed by atoms with van der Waals surface area (Å²) in [6.45, 7) is 4.23. The van der Waals surface area contributed by atoms with E-state index in [1.54, 1.807) is 6.20 Å². The number of carbonyl (C=O) groups is 1. The van der Waals surface area contributed by atoms with Gasteiger partial charge in [-0.1, -0.05) is 54.0 Å². The minimum atomic E-state index is -0.0959. The molecule has 1 aromatic carbocycles. The van der Waals surface area contributed by atoms with Gasteiger partial charge in [0.2, 0.25) is 0 Å². The number of benzene rings is 1. The smallest absolute Gasteiger partial charge is 0.270 e. The van der Waals surface area contributed by atoms with Crippen molar-refractivity contribution in [3.05, 3.63) is 42.2 Å². The molecular weight excluding hydrogens is 316 g/mol. The number of aromatic nitrogens is 1. The second-order valence-corrected chi connectivity index (χ2v) is 5.98. The van der Waals surface area contributed by atoms with Gasteiger partial charge in [0.25, 0.3) is 5.91 Å². The topological polar surface area (TPSA) is 42.0 Å². The van der Waals surface area contributed by atoms with Crippen LogP contribution in [0.4, 0.5) is 0 Å². The van der Waals surface area contributed by atoms with E-state index in [9.17, 15) is 4.79 Å². The van der Waals surface area contributed by atoms with E-state index in [2.05, 4.69) is 40.1 Å². The first kappa shape index (κ1) is 15.0. The van der Waals surface area contributed by atoms with Crippen molar-refractivity contribution in [2.45, 2.75) is 26.3 Å². The van der Waals surface area contributed by atoms with Crippen LogP contribution in [0, 0.1) is 5.92 Å². The summed E-state index contributed by atoms with van der Waals surface area (Å²) in [4.78, 5) is 16.7. The van der Waals surface area contributed by atoms with Crippen LogP contribution in [-0.4, -0.2) is 22.3 Å². The van der Waals surface area contributed by atoms with E-state index in [-0.39, 0.29) is 11.9 Å². The molecule has 0 radical (unpaired) electrons. The van der Waals surface area contributed by atoms with Gasteiger partial charge < -0.3 is 5.32 Å². The van der Waals surface area contributed by atoms with E-state index in [1.165, 1.54) is 0 Å². The molecule has 0 saturated carbocycles. The first-order valence-electron chi connectivity index (χ1n) is 6.84. The highest BCUT2D eigenvalue weighted by Gasteiger charge is 2.18. The van der Waals surface area contributed by atoms with Gasteiger partial charge in [-0.25, -0.2) is 0 Å². The number of carbonyl (C=O) groups excluding carboxylic acids is 1. The number of hydrogen-bond acceptors (Lipinski definition) is 2. The van der Waals surface area contributed by atoms with Crippen LogP contribution in [0.25, 0.3) is 10.8 Å². The molecule has 0 spiro atoms. The monoisotopic (exact) mass is 334 g/mol. The second-order valence-electron chi connectivity index (χ2n) is 5.18. The number of amides is 1. The van der Waals surface area contributed by atoms with E-state index in [0.29, 0.717) is 11.6 Å². The average molecular weight is 335 g/mol. The van der Waals surface area contributed by atoms with Gasteiger partial charge in [0.05, 0.1) is 0 Å². The molecule has 0 fully saturated rings. The lowest BCUT2D eigenvalue weighted by Crippen LogP contribution is -2.39. The number of rotatable bonds is 5. The Morgan fingerprint density at radius 1 is 1.30 bits per heavy atom. The van der Waals surface area contributed by atoms with Crippen LogP contribution in [0.1, 0.15) is 30.8 Å². The Hall–Kier alpha value is -1.42. The number of halogens is 1. The highest BCUT2D eigenvalue weighted by atomic mass is 79.9. The molecule has 1 amide bonds. The number of fused-ring (bicyclic) bond motifs is 1. The highest BCUT2D eigenvalue weighted by molar-refractivity contribution is 9.09. The molecule has 20 heavy (non-hydrogen) atoms. The molecule has 2 aromatic rings. The summed E-state index contributed by atoms with van der Waals surface area (Å²) in [6, 6.07) is 9.90. The van der Waals surface area contributed by atoms with Crippen molar-refractivity contribution < 1.29 is 4.79 Å². The molecule has 2 rings (SSSR count). The molecule has 0 saturated heterocycles. The van der Waals surface area contributed by atoms with Crippen molar-refractivity contribution >= 4 is 32.6 Å². The lowest BCUT2D eigenvalue weighted by atomic mass is 10.0. The predicted octanol–water partition coefficient (Wildman–Crippen LogP) is 3.77. The summed E-state index contributed by atoms with van der Waals surface area (Å²) in [5, 5.41) is 5.90. The molecule has 1 heterocycles. The summed E-state index contributed by atoms with van der Waals surface area (Å²) in [5.41, 5.74) is 0.503. The van der Waals surface area contributed by atoms with Gasteiger partial charge >= 0.3 is 0 Å². The lowest BCUT2D eigenvalue weighted by Gasteiger charge is -2.21. The first-order valence-corrected chi connectivity index (χ1v) is 7.96. The van der Waals surface area contributed by atoms with E-state index in [4.69, 9.17) is 0 Å². The minimum absolute atomic E-state index is 0.0959. The molecule has 3 nitrogen and oxygen atoms in total. The van der Waals surface area contributed by atoms with E-state index in [0.717, 1.165) is 22.5 Å². The second kappa shape index (κ2) is 6.84. The predicted molar refractivity (Wildman–Crippen MR) is 86.2 cm³/mol. The number of hydrogen-bond donors (Lipinski definition) is 1. The summed E-state index contributed by atoms with van der Waals surface area (Å²) in [5.74, 6) is 0.299. The zero-order chi connectivity index (χ0) is 14.5. The van der Waals surface area contributed by atoms with Crippen LogP contribution in [0.3, 0.4) is 0 Å². The summed E-state index contributed by atoms with van der Waals surface area (Å²) in [7, 11) is 0. The number of alkyl halides is 1. The Morgan fingerprint density at radius 3 is 2.75 bits per heavy atom. The molecule has 0 aliphatic rings. The normalized spacial score (nSPS) is 12.6. The third kappa shape index (κ3) is 3.37. The fourth-order valence-corrected chi connectivity index (χ4v) is 2.72. The fourth-order valence-electron chi connectivity index (χ4n) is 2.23. The molecule has 0 bridgehead atoms. The van der Waals surface area contributed by atoms with Gasteiger partial charge in [0.1, 0.15) is 5.69 Å². The molecule has 1 unspecified atom stereocenters. The summed E-state index contributed by atoms with van der Waals surface area (Å²) in [6.07, 6.45) is 2.60. The lowest BCUT2D eigenvalue weighted by molar-refractivity contribution is 0.0922. The van der Waals surface area contributed by atoms with Crippen molar-refractivity contribution in [2.75, 3.05) is 5.33 Å². The fraction of sp³-hybridized carbons (Fsp3) is 0.375. The third-order valence-corrected chi connectivity index (χ3v) is 3.89. The molecule has 106 valence electrons. The Morgan fingerprint density at radius 2 is 2.05 bits per heavy atom. The maximum atomic E-state index is 12.5. The van der Waals surface area contributed by atoms with Crippen molar-refractivity contribution in [3.63, 3.8) is 0 Å². The van der Waals surface area contributed by atoms with Crippen molar-refractivity contribution in [1.82, 2.24) is 10.3 Å². The Kier molecular flexibility index (Phi) is 5.12. The third-order valence-electron chi connectivity index (χ3n) is 3.43. The maximum absolute atomic E-state index is 12.5. The Balaban J connectivity index is 2.27. The zero-order valence-corrected chi connectivity index (χ0v) is 13.4. The molecule has 1 atom stereocenters. The summed E-state index contributed by atoms with van der Waals surface area (Å²) < 4.78 is 0. The number of nitrogens with one attached hydrogen (secondary N) is 1. The van der Waals surface area contributed by atoms with Gasteiger partial charge in [-0.15, -0.1) is 0 Å². The van der Waals surface area contributed by atoms with Gasteiger partial charge in [-0.2, -0.15) is 0 Å². The molecular formula is C16H19BrN2O. The Bertz CT molecular complexity index is 593. The van der Waals surface area contributed by atoms with Crippen molar-refractivity contribution in [1.29, 1.82) is 0 Å². The summed E-state index contributed by atoms with van der Waals surface area (Å²) >= 11 is 3.44. The zero-order valence-electron chi connectivity index (χ0n) is 11.8. The van der Waals surface area contributed by atoms with Gasteiger partial charge in [0, 0.05) is 23.0 Å². The number of pyridine rings is 1. The Labute approximate surface area is 127 Å². The van der Waals surface area contributed by atoms with Crippen LogP contribution in [0.5, 0.6) is 0 Å². The van der Waals surface area contributed by atoms with E-state index >= 15 is 0 Å². The van der Waals surface area contributed by atoms with Crippen molar-refractivity contribution in [3.8, 4) is 0 Å². The molecule has 1 aromatic heterocycles. The van der Waals surface area contributed by atoms with Crippen LogP contribution in [0.2, 0.25) is 0 Å². The largest absolute Gasteiger partial charge is 0.348 e. The quantitative estimate of drug-likeness (QED) is 0.845. The SMILES string of the molecule is CC(C)C(CCBr)NC(=O)c1nccc2ccccc12. The van der Waals surface area contributed by atoms with Crippen LogP contribution in [-0.2, 0) is 0 Å². The number of nitrogens with zero attached hydrogens (tertiary/aromatic N) is 1. The van der Waals surface area contributed by atoms with Gasteiger partial charge in [0.15, 0.2) is 0 Å². The van der Waals surface area contributed by atoms with Crippen LogP contribution >= 0.6 is 15.9 Å². The molecule has 0 aliphatic carbocycles. The van der Waals surface area contributed by atoms with E-state index in [1.807, 2.05) is 30.3 Å². The van der Waals surface area contributed by atoms with Crippen LogP contribution < -0.4 is 5.32 Å². The molecule has 1 N–H and O–H groups in total. The average Bonchev–Trinajstić information content (AvgIpc) is 2.46.